The van der Waals surface area contributed by atoms with E-state index in [0.29, 0.717) is 16.2 Å². The minimum Gasteiger partial charge on any atom is -0.310 e. The number of amides is 1. The molecule has 0 spiro atoms. The Labute approximate surface area is 197 Å². The van der Waals surface area contributed by atoms with Crippen molar-refractivity contribution in [2.24, 2.45) is 0 Å². The van der Waals surface area contributed by atoms with Crippen molar-refractivity contribution in [3.8, 4) is 0 Å². The van der Waals surface area contributed by atoms with Gasteiger partial charge in [0.25, 0.3) is 5.56 Å². The highest BCUT2D eigenvalue weighted by Gasteiger charge is 2.43. The molecular weight excluding hydrogens is 483 g/mol. The molecule has 0 unspecified atom stereocenters. The molecule has 0 atom stereocenters. The number of halogens is 3. The maximum Gasteiger partial charge on any atom is 0.471 e. The van der Waals surface area contributed by atoms with Crippen molar-refractivity contribution in [2.45, 2.75) is 29.4 Å². The fourth-order valence-corrected chi connectivity index (χ4v) is 4.84. The van der Waals surface area contributed by atoms with Crippen molar-refractivity contribution < 1.29 is 26.4 Å². The van der Waals surface area contributed by atoms with E-state index in [-0.39, 0.29) is 26.4 Å². The monoisotopic (exact) mass is 501 g/mol. The summed E-state index contributed by atoms with van der Waals surface area (Å²) in [6.45, 7) is 1.09. The number of rotatable bonds is 5. The van der Waals surface area contributed by atoms with Crippen LogP contribution in [0.1, 0.15) is 11.4 Å². The van der Waals surface area contributed by atoms with E-state index in [0.717, 1.165) is 24.3 Å². The van der Waals surface area contributed by atoms with Crippen molar-refractivity contribution in [1.29, 1.82) is 0 Å². The Morgan fingerprint density at radius 1 is 0.971 bits per heavy atom. The summed E-state index contributed by atoms with van der Waals surface area (Å²) < 4.78 is 65.7. The minimum atomic E-state index is -5.18. The van der Waals surface area contributed by atoms with E-state index >= 15 is 0 Å². The summed E-state index contributed by atoms with van der Waals surface area (Å²) in [5.41, 5.74) is 0.000277. The number of hydrogen-bond donors (Lipinski definition) is 1. The second kappa shape index (κ2) is 8.99. The van der Waals surface area contributed by atoms with Crippen LogP contribution in [0.5, 0.6) is 0 Å². The van der Waals surface area contributed by atoms with Gasteiger partial charge in [-0.3, -0.25) is 9.59 Å². The Hall–Kier alpha value is -3.99. The molecule has 3 aromatic carbocycles. The van der Waals surface area contributed by atoms with Gasteiger partial charge in [0.1, 0.15) is 5.82 Å². The smallest absolute Gasteiger partial charge is 0.310 e. The Bertz CT molecular complexity index is 1570. The average molecular weight is 501 g/mol. The quantitative estimate of drug-likeness (QED) is 0.443. The highest BCUT2D eigenvalue weighted by Crippen LogP contribution is 2.28. The zero-order valence-electron chi connectivity index (χ0n) is 18.2. The van der Waals surface area contributed by atoms with Crippen LogP contribution < -0.4 is 10.5 Å². The lowest BCUT2D eigenvalue weighted by Crippen LogP contribution is -2.40. The summed E-state index contributed by atoms with van der Waals surface area (Å²) in [5.74, 6) is -1.75. The van der Waals surface area contributed by atoms with Gasteiger partial charge in [0, 0.05) is 5.69 Å². The molecular formula is C24H18F3N3O4S. The van der Waals surface area contributed by atoms with Crippen LogP contribution in [0.4, 0.5) is 18.9 Å². The van der Waals surface area contributed by atoms with Crippen LogP contribution in [-0.2, 0) is 21.2 Å². The highest BCUT2D eigenvalue weighted by molar-refractivity contribution is 7.91. The van der Waals surface area contributed by atoms with E-state index in [1.54, 1.807) is 25.1 Å². The molecule has 1 aromatic heterocycles. The maximum atomic E-state index is 13.4. The number of aryl methyl sites for hydroxylation is 1. The molecule has 180 valence electrons. The van der Waals surface area contributed by atoms with Crippen molar-refractivity contribution in [3.05, 3.63) is 94.5 Å². The number of carbonyl (C=O) groups is 1. The minimum absolute atomic E-state index is 0.0289. The summed E-state index contributed by atoms with van der Waals surface area (Å²) in [6.07, 6.45) is -5.18. The molecule has 11 heteroatoms. The van der Waals surface area contributed by atoms with Crippen LogP contribution in [0, 0.1) is 6.92 Å². The van der Waals surface area contributed by atoms with Crippen molar-refractivity contribution in [3.63, 3.8) is 0 Å². The van der Waals surface area contributed by atoms with Crippen molar-refractivity contribution in [1.82, 2.24) is 9.97 Å². The topological polar surface area (TPSA) is 100 Å². The van der Waals surface area contributed by atoms with Gasteiger partial charge >= 0.3 is 12.1 Å². The molecule has 4 rings (SSSR count). The SMILES string of the molecule is Cc1nc2ccc(CN(C(=O)C(F)(F)F)c3ccc(S(=O)(=O)c4ccccc4)cc3)cc2c(=O)[nH]1. The number of sulfone groups is 1. The lowest BCUT2D eigenvalue weighted by Gasteiger charge is -2.24. The fraction of sp³-hybridized carbons (Fsp3) is 0.125. The van der Waals surface area contributed by atoms with Gasteiger partial charge in [-0.1, -0.05) is 24.3 Å². The van der Waals surface area contributed by atoms with Gasteiger partial charge in [-0.25, -0.2) is 13.4 Å². The predicted molar refractivity (Wildman–Crippen MR) is 123 cm³/mol. The van der Waals surface area contributed by atoms with Crippen LogP contribution in [0.3, 0.4) is 0 Å². The van der Waals surface area contributed by atoms with Crippen molar-refractivity contribution in [2.75, 3.05) is 4.90 Å². The van der Waals surface area contributed by atoms with E-state index in [2.05, 4.69) is 9.97 Å². The van der Waals surface area contributed by atoms with Crippen molar-refractivity contribution >= 4 is 32.3 Å². The van der Waals surface area contributed by atoms with Gasteiger partial charge in [-0.2, -0.15) is 13.2 Å². The standard InChI is InChI=1S/C24H18F3N3O4S/c1-15-28-21-12-7-16(13-20(21)22(31)29-15)14-30(23(32)24(25,26)27)17-8-10-19(11-9-17)35(33,34)18-5-3-2-4-6-18/h2-13H,14H2,1H3,(H,28,29,31). The molecule has 1 N–H and O–H groups in total. The number of anilines is 1. The molecule has 0 saturated carbocycles. The second-order valence-electron chi connectivity index (χ2n) is 7.70. The van der Waals surface area contributed by atoms with Gasteiger partial charge in [0.05, 0.1) is 27.2 Å². The van der Waals surface area contributed by atoms with Crippen LogP contribution >= 0.6 is 0 Å². The molecule has 0 aliphatic rings. The predicted octanol–water partition coefficient (Wildman–Crippen LogP) is 4.16. The number of fused-ring (bicyclic) bond motifs is 1. The number of nitrogens with zero attached hydrogens (tertiary/aromatic N) is 2. The lowest BCUT2D eigenvalue weighted by atomic mass is 10.1. The third-order valence-corrected chi connectivity index (χ3v) is 7.01. The number of carbonyl (C=O) groups excluding carboxylic acids is 1. The van der Waals surface area contributed by atoms with Gasteiger partial charge in [-0.15, -0.1) is 0 Å². The molecule has 0 radical (unpaired) electrons. The first-order valence-corrected chi connectivity index (χ1v) is 11.7. The molecule has 0 fully saturated rings. The zero-order chi connectivity index (χ0) is 25.4. The summed E-state index contributed by atoms with van der Waals surface area (Å²) in [6, 6.07) is 16.5. The van der Waals surface area contributed by atoms with Crippen LogP contribution in [0.2, 0.25) is 0 Å². The van der Waals surface area contributed by atoms with Crippen LogP contribution in [0.25, 0.3) is 10.9 Å². The van der Waals surface area contributed by atoms with E-state index < -0.39 is 34.0 Å². The zero-order valence-corrected chi connectivity index (χ0v) is 19.0. The first kappa shape index (κ1) is 24.1. The van der Waals surface area contributed by atoms with E-state index in [9.17, 15) is 31.2 Å². The lowest BCUT2D eigenvalue weighted by molar-refractivity contribution is -0.170. The van der Waals surface area contributed by atoms with E-state index in [1.807, 2.05) is 0 Å². The Morgan fingerprint density at radius 3 is 2.23 bits per heavy atom. The molecule has 0 bridgehead atoms. The molecule has 7 nitrogen and oxygen atoms in total. The summed E-state index contributed by atoms with van der Waals surface area (Å²) in [5, 5.41) is 0.164. The number of aromatic nitrogens is 2. The number of hydrogen-bond acceptors (Lipinski definition) is 5. The third kappa shape index (κ3) is 4.94. The van der Waals surface area contributed by atoms with Crippen LogP contribution in [0.15, 0.2) is 87.4 Å². The molecule has 0 aliphatic carbocycles. The molecule has 0 aliphatic heterocycles. The largest absolute Gasteiger partial charge is 0.471 e. The van der Waals surface area contributed by atoms with E-state index in [4.69, 9.17) is 0 Å². The summed E-state index contributed by atoms with van der Waals surface area (Å²) in [7, 11) is -3.89. The number of alkyl halides is 3. The Balaban J connectivity index is 1.72. The van der Waals surface area contributed by atoms with Gasteiger partial charge < -0.3 is 9.88 Å². The number of nitrogens with one attached hydrogen (secondary N) is 1. The number of benzene rings is 3. The Kier molecular flexibility index (Phi) is 6.20. The fourth-order valence-electron chi connectivity index (χ4n) is 3.56. The van der Waals surface area contributed by atoms with Gasteiger partial charge in [-0.05, 0) is 61.0 Å². The average Bonchev–Trinajstić information content (AvgIpc) is 2.82. The normalized spacial score (nSPS) is 12.0. The highest BCUT2D eigenvalue weighted by atomic mass is 32.2. The third-order valence-electron chi connectivity index (χ3n) is 5.23. The van der Waals surface area contributed by atoms with Crippen LogP contribution in [-0.4, -0.2) is 30.5 Å². The molecule has 35 heavy (non-hydrogen) atoms. The summed E-state index contributed by atoms with van der Waals surface area (Å²) in [4.78, 5) is 31.6. The molecule has 1 heterocycles. The second-order valence-corrected chi connectivity index (χ2v) is 9.65. The Morgan fingerprint density at radius 2 is 1.60 bits per heavy atom. The van der Waals surface area contributed by atoms with Gasteiger partial charge in [0.2, 0.25) is 9.84 Å². The number of H-pyrrole nitrogens is 1. The molecule has 0 saturated heterocycles. The first-order chi connectivity index (χ1) is 16.5. The van der Waals surface area contributed by atoms with E-state index in [1.165, 1.54) is 30.3 Å². The summed E-state index contributed by atoms with van der Waals surface area (Å²) >= 11 is 0. The maximum absolute atomic E-state index is 13.4. The molecule has 1 amide bonds. The first-order valence-electron chi connectivity index (χ1n) is 10.3. The molecule has 4 aromatic rings. The number of aromatic amines is 1. The van der Waals surface area contributed by atoms with Gasteiger partial charge in [0.15, 0.2) is 0 Å².